The lowest BCUT2D eigenvalue weighted by Gasteiger charge is -1.91. The number of rotatable bonds is 3. The van der Waals surface area contributed by atoms with Gasteiger partial charge in [0.25, 0.3) is 0 Å². The molecule has 0 spiro atoms. The summed E-state index contributed by atoms with van der Waals surface area (Å²) >= 11 is 0. The standard InChI is InChI=1S/C6H8N2O5S/c1-12-6(9)5-8-7-4(13-5)3-14(2,10)11/h3H2,1-2H3. The van der Waals surface area contributed by atoms with Crippen LogP contribution >= 0.6 is 0 Å². The number of aromatic nitrogens is 2. The lowest BCUT2D eigenvalue weighted by Crippen LogP contribution is -2.01. The Labute approximate surface area is 80.0 Å². The highest BCUT2D eigenvalue weighted by Crippen LogP contribution is 2.04. The topological polar surface area (TPSA) is 99.4 Å². The SMILES string of the molecule is COC(=O)c1nnc(CS(C)(=O)=O)o1. The van der Waals surface area contributed by atoms with Crippen molar-refractivity contribution in [1.29, 1.82) is 0 Å². The first-order valence-electron chi connectivity index (χ1n) is 3.51. The first-order chi connectivity index (χ1) is 6.42. The average Bonchev–Trinajstić information content (AvgIpc) is 2.48. The molecule has 1 aromatic rings. The number of carbonyl (C=O) groups excluding carboxylic acids is 1. The molecule has 0 N–H and O–H groups in total. The zero-order valence-corrected chi connectivity index (χ0v) is 8.37. The van der Waals surface area contributed by atoms with Crippen molar-refractivity contribution >= 4 is 15.8 Å². The predicted molar refractivity (Wildman–Crippen MR) is 44.2 cm³/mol. The number of ether oxygens (including phenoxy) is 1. The Morgan fingerprint density at radius 3 is 2.64 bits per heavy atom. The number of hydrogen-bond acceptors (Lipinski definition) is 7. The highest BCUT2D eigenvalue weighted by Gasteiger charge is 2.17. The highest BCUT2D eigenvalue weighted by molar-refractivity contribution is 7.89. The number of sulfone groups is 1. The second-order valence-corrected chi connectivity index (χ2v) is 4.70. The van der Waals surface area contributed by atoms with Crippen molar-refractivity contribution in [3.8, 4) is 0 Å². The smallest absolute Gasteiger partial charge is 0.396 e. The van der Waals surface area contributed by atoms with Crippen LogP contribution in [0, 0.1) is 0 Å². The number of hydrogen-bond donors (Lipinski definition) is 0. The lowest BCUT2D eigenvalue weighted by molar-refractivity contribution is 0.0554. The zero-order valence-electron chi connectivity index (χ0n) is 7.55. The van der Waals surface area contributed by atoms with Gasteiger partial charge in [0.05, 0.1) is 7.11 Å². The molecule has 1 heterocycles. The third kappa shape index (κ3) is 2.80. The summed E-state index contributed by atoms with van der Waals surface area (Å²) in [5.41, 5.74) is 0. The van der Waals surface area contributed by atoms with Crippen molar-refractivity contribution in [3.05, 3.63) is 11.8 Å². The molecule has 0 saturated heterocycles. The number of carbonyl (C=O) groups is 1. The molecule has 0 amide bonds. The Balaban J connectivity index is 2.84. The van der Waals surface area contributed by atoms with E-state index in [0.717, 1.165) is 13.4 Å². The molecule has 14 heavy (non-hydrogen) atoms. The van der Waals surface area contributed by atoms with E-state index >= 15 is 0 Å². The van der Waals surface area contributed by atoms with Gasteiger partial charge in [-0.05, 0) is 0 Å². The molecule has 0 saturated carbocycles. The van der Waals surface area contributed by atoms with Gasteiger partial charge in [-0.2, -0.15) is 0 Å². The van der Waals surface area contributed by atoms with Crippen molar-refractivity contribution in [3.63, 3.8) is 0 Å². The van der Waals surface area contributed by atoms with Gasteiger partial charge in [-0.1, -0.05) is 0 Å². The van der Waals surface area contributed by atoms with Crippen LogP contribution < -0.4 is 0 Å². The summed E-state index contributed by atoms with van der Waals surface area (Å²) in [5.74, 6) is -1.67. The van der Waals surface area contributed by atoms with Gasteiger partial charge in [0, 0.05) is 6.26 Å². The molecule has 0 aliphatic rings. The normalized spacial score (nSPS) is 11.3. The third-order valence-electron chi connectivity index (χ3n) is 1.21. The Hall–Kier alpha value is -1.44. The van der Waals surface area contributed by atoms with Crippen molar-refractivity contribution in [1.82, 2.24) is 10.2 Å². The van der Waals surface area contributed by atoms with Gasteiger partial charge in [0.1, 0.15) is 5.75 Å². The summed E-state index contributed by atoms with van der Waals surface area (Å²) < 4.78 is 30.6. The molecule has 0 fully saturated rings. The minimum atomic E-state index is -3.24. The summed E-state index contributed by atoms with van der Waals surface area (Å²) in [4.78, 5) is 10.8. The molecule has 0 aliphatic heterocycles. The van der Waals surface area contributed by atoms with Crippen LogP contribution in [-0.2, 0) is 20.3 Å². The van der Waals surface area contributed by atoms with Crippen LogP contribution in [-0.4, -0.2) is 38.0 Å². The summed E-state index contributed by atoms with van der Waals surface area (Å²) in [6, 6.07) is 0. The van der Waals surface area contributed by atoms with Crippen LogP contribution in [0.1, 0.15) is 16.6 Å². The fraction of sp³-hybridized carbons (Fsp3) is 0.500. The Morgan fingerprint density at radius 1 is 1.50 bits per heavy atom. The number of esters is 1. The van der Waals surface area contributed by atoms with Crippen LogP contribution in [0.5, 0.6) is 0 Å². The second kappa shape index (κ2) is 3.74. The van der Waals surface area contributed by atoms with Gasteiger partial charge in [0.15, 0.2) is 9.84 Å². The van der Waals surface area contributed by atoms with Gasteiger partial charge < -0.3 is 9.15 Å². The minimum Gasteiger partial charge on any atom is -0.462 e. The van der Waals surface area contributed by atoms with Gasteiger partial charge >= 0.3 is 11.9 Å². The van der Waals surface area contributed by atoms with E-state index in [1.165, 1.54) is 0 Å². The largest absolute Gasteiger partial charge is 0.462 e. The van der Waals surface area contributed by atoms with E-state index in [1.54, 1.807) is 0 Å². The molecule has 1 rings (SSSR count). The minimum absolute atomic E-state index is 0.132. The van der Waals surface area contributed by atoms with Crippen LogP contribution in [0.25, 0.3) is 0 Å². The van der Waals surface area contributed by atoms with Gasteiger partial charge in [-0.3, -0.25) is 0 Å². The summed E-state index contributed by atoms with van der Waals surface area (Å²) in [5, 5.41) is 6.69. The molecule has 0 unspecified atom stereocenters. The molecule has 0 radical (unpaired) electrons. The second-order valence-electron chi connectivity index (χ2n) is 2.56. The van der Waals surface area contributed by atoms with E-state index in [-0.39, 0.29) is 11.8 Å². The summed E-state index contributed by atoms with van der Waals surface area (Å²) in [7, 11) is -2.09. The van der Waals surface area contributed by atoms with Crippen molar-refractivity contribution < 1.29 is 22.4 Å². The van der Waals surface area contributed by atoms with Crippen LogP contribution in [0.2, 0.25) is 0 Å². The maximum absolute atomic E-state index is 10.8. The fourth-order valence-electron chi connectivity index (χ4n) is 0.706. The first-order valence-corrected chi connectivity index (χ1v) is 5.57. The van der Waals surface area contributed by atoms with E-state index in [9.17, 15) is 13.2 Å². The maximum Gasteiger partial charge on any atom is 0.396 e. The van der Waals surface area contributed by atoms with Crippen molar-refractivity contribution in [2.24, 2.45) is 0 Å². The Kier molecular flexibility index (Phi) is 2.84. The highest BCUT2D eigenvalue weighted by atomic mass is 32.2. The molecule has 8 heteroatoms. The van der Waals surface area contributed by atoms with Crippen molar-refractivity contribution in [2.45, 2.75) is 5.75 Å². The van der Waals surface area contributed by atoms with E-state index in [2.05, 4.69) is 14.9 Å². The molecule has 78 valence electrons. The number of methoxy groups -OCH3 is 1. The maximum atomic E-state index is 10.8. The molecular formula is C6H8N2O5S. The van der Waals surface area contributed by atoms with Crippen LogP contribution in [0.4, 0.5) is 0 Å². The van der Waals surface area contributed by atoms with Crippen molar-refractivity contribution in [2.75, 3.05) is 13.4 Å². The summed E-state index contributed by atoms with van der Waals surface area (Å²) in [6.45, 7) is 0. The molecule has 0 aliphatic carbocycles. The Morgan fingerprint density at radius 2 is 2.14 bits per heavy atom. The number of nitrogens with zero attached hydrogens (tertiary/aromatic N) is 2. The first kappa shape index (κ1) is 10.6. The summed E-state index contributed by atoms with van der Waals surface area (Å²) in [6.07, 6.45) is 1.02. The van der Waals surface area contributed by atoms with Gasteiger partial charge in [0.2, 0.25) is 5.89 Å². The van der Waals surface area contributed by atoms with Crippen LogP contribution in [0.15, 0.2) is 4.42 Å². The van der Waals surface area contributed by atoms with E-state index in [0.29, 0.717) is 0 Å². The predicted octanol–water partition coefficient (Wildman–Crippen LogP) is -0.599. The lowest BCUT2D eigenvalue weighted by atomic mass is 10.7. The molecule has 0 bridgehead atoms. The molecule has 7 nitrogen and oxygen atoms in total. The van der Waals surface area contributed by atoms with Gasteiger partial charge in [-0.15, -0.1) is 10.2 Å². The molecular weight excluding hydrogens is 212 g/mol. The van der Waals surface area contributed by atoms with E-state index < -0.39 is 21.6 Å². The van der Waals surface area contributed by atoms with Crippen LogP contribution in [0.3, 0.4) is 0 Å². The van der Waals surface area contributed by atoms with E-state index in [1.807, 2.05) is 0 Å². The third-order valence-corrected chi connectivity index (χ3v) is 1.98. The van der Waals surface area contributed by atoms with E-state index in [4.69, 9.17) is 4.42 Å². The fourth-order valence-corrected chi connectivity index (χ4v) is 1.27. The quantitative estimate of drug-likeness (QED) is 0.627. The monoisotopic (exact) mass is 220 g/mol. The average molecular weight is 220 g/mol. The Bertz CT molecular complexity index is 435. The zero-order chi connectivity index (χ0) is 10.8. The molecule has 0 atom stereocenters. The van der Waals surface area contributed by atoms with Gasteiger partial charge in [-0.25, -0.2) is 13.2 Å². The molecule has 1 aromatic heterocycles. The molecule has 0 aromatic carbocycles.